The fourth-order valence-corrected chi connectivity index (χ4v) is 6.53. The Labute approximate surface area is 300 Å². The summed E-state index contributed by atoms with van der Waals surface area (Å²) in [5.74, 6) is 2.10. The predicted molar refractivity (Wildman–Crippen MR) is 200 cm³/mol. The number of fused-ring (bicyclic) bond motifs is 2. The van der Waals surface area contributed by atoms with Crippen LogP contribution in [-0.4, -0.2) is 38.0 Å². The lowest BCUT2D eigenvalue weighted by Gasteiger charge is -2.16. The average Bonchev–Trinajstić information content (AvgIpc) is 3.56. The molecule has 0 unspecified atom stereocenters. The van der Waals surface area contributed by atoms with E-state index in [1.165, 1.54) is 0 Å². The first-order valence-corrected chi connectivity index (χ1v) is 16.7. The van der Waals surface area contributed by atoms with Crippen molar-refractivity contribution < 1.29 is 28.5 Å². The number of hydrogen-bond donors (Lipinski definition) is 1. The van der Waals surface area contributed by atoms with Crippen molar-refractivity contribution in [1.82, 2.24) is 4.98 Å². The van der Waals surface area contributed by atoms with Crippen LogP contribution < -0.4 is 24.3 Å². The van der Waals surface area contributed by atoms with Gasteiger partial charge in [0.2, 0.25) is 5.75 Å². The van der Waals surface area contributed by atoms with E-state index in [4.69, 9.17) is 35.5 Å². The van der Waals surface area contributed by atoms with E-state index in [1.807, 2.05) is 60.7 Å². The van der Waals surface area contributed by atoms with Crippen LogP contribution in [0.5, 0.6) is 28.7 Å². The molecule has 0 fully saturated rings. The molecule has 6 aromatic rings. The lowest BCUT2D eigenvalue weighted by molar-refractivity contribution is 0.102. The number of nitrogens with zero attached hydrogens (tertiary/aromatic N) is 1. The number of carbonyl (C=O) groups excluding carboxylic acids is 2. The molecular weight excluding hydrogens is 664 g/mol. The molecule has 1 heterocycles. The summed E-state index contributed by atoms with van der Waals surface area (Å²) in [7, 11) is 4.73. The molecule has 0 aliphatic heterocycles. The van der Waals surface area contributed by atoms with E-state index in [1.54, 1.807) is 75.9 Å². The molecule has 1 aliphatic carbocycles. The number of ketones is 1. The molecule has 5 aromatic carbocycles. The number of pyridine rings is 1. The molecule has 0 bridgehead atoms. The van der Waals surface area contributed by atoms with Gasteiger partial charge >= 0.3 is 0 Å². The van der Waals surface area contributed by atoms with Crippen molar-refractivity contribution in [3.05, 3.63) is 148 Å². The highest BCUT2D eigenvalue weighted by molar-refractivity contribution is 6.31. The first-order chi connectivity index (χ1) is 24.9. The minimum Gasteiger partial charge on any atom is -0.493 e. The highest BCUT2D eigenvalue weighted by Crippen LogP contribution is 2.42. The van der Waals surface area contributed by atoms with Crippen LogP contribution in [0.3, 0.4) is 0 Å². The van der Waals surface area contributed by atoms with Crippen LogP contribution in [0, 0.1) is 0 Å². The molecule has 7 rings (SSSR count). The molecule has 51 heavy (non-hydrogen) atoms. The Balaban J connectivity index is 1.21. The van der Waals surface area contributed by atoms with Gasteiger partial charge in [-0.1, -0.05) is 60.1 Å². The fraction of sp³-hybridized carbons (Fsp3) is 0.119. The number of halogens is 1. The first-order valence-electron chi connectivity index (χ1n) is 16.3. The maximum Gasteiger partial charge on any atom is 0.256 e. The van der Waals surface area contributed by atoms with Gasteiger partial charge in [-0.2, -0.15) is 0 Å². The Morgan fingerprint density at radius 3 is 2.14 bits per heavy atom. The molecule has 1 aliphatic rings. The number of aromatic nitrogens is 1. The summed E-state index contributed by atoms with van der Waals surface area (Å²) in [6.45, 7) is 0. The molecule has 0 atom stereocenters. The third-order valence-electron chi connectivity index (χ3n) is 8.77. The van der Waals surface area contributed by atoms with Gasteiger partial charge in [0.15, 0.2) is 23.0 Å². The summed E-state index contributed by atoms with van der Waals surface area (Å²) >= 11 is 6.42. The van der Waals surface area contributed by atoms with E-state index in [0.717, 1.165) is 27.8 Å². The van der Waals surface area contributed by atoms with E-state index < -0.39 is 0 Å². The largest absolute Gasteiger partial charge is 0.493 e. The lowest BCUT2D eigenvalue weighted by atomic mass is 9.99. The molecule has 0 saturated carbocycles. The highest BCUT2D eigenvalue weighted by Gasteiger charge is 2.28. The molecule has 1 amide bonds. The van der Waals surface area contributed by atoms with Crippen LogP contribution in [0.15, 0.2) is 109 Å². The predicted octanol–water partition coefficient (Wildman–Crippen LogP) is 9.68. The summed E-state index contributed by atoms with van der Waals surface area (Å²) in [6, 6.07) is 32.4. The van der Waals surface area contributed by atoms with Crippen molar-refractivity contribution >= 4 is 51.5 Å². The Hall–Kier alpha value is -6.12. The van der Waals surface area contributed by atoms with Crippen molar-refractivity contribution in [2.45, 2.75) is 12.8 Å². The zero-order chi connectivity index (χ0) is 35.5. The van der Waals surface area contributed by atoms with Crippen LogP contribution in [0.1, 0.15) is 49.5 Å². The number of rotatable bonds is 10. The zero-order valence-corrected chi connectivity index (χ0v) is 28.9. The van der Waals surface area contributed by atoms with Gasteiger partial charge in [-0.25, -0.2) is 4.98 Å². The SMILES string of the molecule is COc1cc(/C=C2\CCc3c2nc2ccccc2c3C(=O)Nc2cc(Cl)ccc2Oc2ccc(C(=O)c3ccccc3)cc2)cc(OC)c1OC. The van der Waals surface area contributed by atoms with Crippen molar-refractivity contribution in [1.29, 1.82) is 0 Å². The maximum atomic E-state index is 14.3. The smallest absolute Gasteiger partial charge is 0.256 e. The van der Waals surface area contributed by atoms with Crippen molar-refractivity contribution in [3.63, 3.8) is 0 Å². The van der Waals surface area contributed by atoms with Gasteiger partial charge in [-0.05, 0) is 96.3 Å². The molecule has 0 radical (unpaired) electrons. The third-order valence-corrected chi connectivity index (χ3v) is 9.00. The van der Waals surface area contributed by atoms with E-state index in [9.17, 15) is 9.59 Å². The normalized spacial score (nSPS) is 12.7. The van der Waals surface area contributed by atoms with Gasteiger partial charge in [0.1, 0.15) is 5.75 Å². The number of amides is 1. The average molecular weight is 697 g/mol. The summed E-state index contributed by atoms with van der Waals surface area (Å²) < 4.78 is 22.9. The summed E-state index contributed by atoms with van der Waals surface area (Å²) in [6.07, 6.45) is 3.35. The first kappa shape index (κ1) is 33.4. The van der Waals surface area contributed by atoms with Gasteiger partial charge in [-0.3, -0.25) is 9.59 Å². The van der Waals surface area contributed by atoms with Gasteiger partial charge in [-0.15, -0.1) is 0 Å². The lowest BCUT2D eigenvalue weighted by Crippen LogP contribution is -2.16. The molecular formula is C42H33ClN2O6. The van der Waals surface area contributed by atoms with Crippen LogP contribution in [0.25, 0.3) is 22.6 Å². The van der Waals surface area contributed by atoms with Gasteiger partial charge in [0.05, 0.1) is 43.8 Å². The number of para-hydroxylation sites is 1. The van der Waals surface area contributed by atoms with E-state index in [0.29, 0.717) is 74.5 Å². The van der Waals surface area contributed by atoms with Crippen molar-refractivity contribution in [3.8, 4) is 28.7 Å². The molecule has 254 valence electrons. The van der Waals surface area contributed by atoms with E-state index >= 15 is 0 Å². The highest BCUT2D eigenvalue weighted by atomic mass is 35.5. The topological polar surface area (TPSA) is 96.0 Å². The number of ether oxygens (including phenoxy) is 4. The molecule has 0 saturated heterocycles. The van der Waals surface area contributed by atoms with Crippen molar-refractivity contribution in [2.24, 2.45) is 0 Å². The molecule has 1 N–H and O–H groups in total. The third kappa shape index (κ3) is 6.74. The maximum absolute atomic E-state index is 14.3. The number of methoxy groups -OCH3 is 3. The van der Waals surface area contributed by atoms with Gasteiger partial charge in [0.25, 0.3) is 5.91 Å². The van der Waals surface area contributed by atoms with Gasteiger partial charge in [0, 0.05) is 21.5 Å². The second-order valence-electron chi connectivity index (χ2n) is 11.9. The summed E-state index contributed by atoms with van der Waals surface area (Å²) in [4.78, 5) is 32.2. The number of anilines is 1. The van der Waals surface area contributed by atoms with Gasteiger partial charge < -0.3 is 24.3 Å². The second kappa shape index (κ2) is 14.4. The number of allylic oxidation sites excluding steroid dienone is 1. The fourth-order valence-electron chi connectivity index (χ4n) is 6.36. The van der Waals surface area contributed by atoms with E-state index in [-0.39, 0.29) is 11.7 Å². The summed E-state index contributed by atoms with van der Waals surface area (Å²) in [5, 5.41) is 4.25. The molecule has 1 aromatic heterocycles. The minimum atomic E-state index is -0.310. The number of nitrogens with one attached hydrogen (secondary N) is 1. The minimum absolute atomic E-state index is 0.0832. The van der Waals surface area contributed by atoms with Crippen LogP contribution in [-0.2, 0) is 6.42 Å². The molecule has 9 heteroatoms. The zero-order valence-electron chi connectivity index (χ0n) is 28.2. The number of hydrogen-bond acceptors (Lipinski definition) is 7. The van der Waals surface area contributed by atoms with Crippen molar-refractivity contribution in [2.75, 3.05) is 26.6 Å². The molecule has 8 nitrogen and oxygen atoms in total. The Bertz CT molecular complexity index is 2290. The van der Waals surface area contributed by atoms with Crippen LogP contribution in [0.2, 0.25) is 5.02 Å². The Morgan fingerprint density at radius 2 is 1.43 bits per heavy atom. The van der Waals surface area contributed by atoms with E-state index in [2.05, 4.69) is 5.32 Å². The standard InChI is InChI=1S/C42H33ClN2O6/c1-48-36-22-25(23-37(49-2)41(36)50-3)21-28-15-19-32-38(31-11-7-8-12-33(31)44-39(28)32)42(47)45-34-24-29(43)16-20-35(34)51-30-17-13-27(14-18-30)40(46)26-9-5-4-6-10-26/h4-14,16-18,20-24H,15,19H2,1-3H3,(H,45,47)/b28-21+. The molecule has 0 spiro atoms. The second-order valence-corrected chi connectivity index (χ2v) is 12.3. The number of carbonyl (C=O) groups is 2. The van der Waals surface area contributed by atoms with Crippen LogP contribution in [0.4, 0.5) is 5.69 Å². The van der Waals surface area contributed by atoms with Crippen LogP contribution >= 0.6 is 11.6 Å². The quantitative estimate of drug-likeness (QED) is 0.143. The number of benzene rings is 5. The Morgan fingerprint density at radius 1 is 0.745 bits per heavy atom. The monoisotopic (exact) mass is 696 g/mol. The Kier molecular flexibility index (Phi) is 9.42. The summed E-state index contributed by atoms with van der Waals surface area (Å²) in [5.41, 5.74) is 6.24.